The molecule has 0 aromatic heterocycles. The summed E-state index contributed by atoms with van der Waals surface area (Å²) < 4.78 is 0. The summed E-state index contributed by atoms with van der Waals surface area (Å²) in [5.41, 5.74) is 4.05. The summed E-state index contributed by atoms with van der Waals surface area (Å²) in [5, 5.41) is 0. The van der Waals surface area contributed by atoms with Crippen molar-refractivity contribution in [3.05, 3.63) is 72.5 Å². The molecule has 1 heteroatoms. The number of rotatable bonds is 0. The summed E-state index contributed by atoms with van der Waals surface area (Å²) in [6, 6.07) is 10.7. The number of carbonyl (C=O) groups excluding carboxylic acids is 1. The Kier molecular flexibility index (Phi) is 1.78. The molecule has 1 nitrogen and oxygen atoms in total. The van der Waals surface area contributed by atoms with Crippen molar-refractivity contribution in [3.8, 4) is 11.1 Å². The molecular weight excluding hydrogens is 196 g/mol. The topological polar surface area (TPSA) is 17.1 Å². The zero-order valence-corrected chi connectivity index (χ0v) is 8.53. The molecule has 0 saturated carbocycles. The lowest BCUT2D eigenvalue weighted by molar-refractivity contribution is 0.104. The minimum absolute atomic E-state index is 0.00426. The van der Waals surface area contributed by atoms with Crippen molar-refractivity contribution in [3.63, 3.8) is 0 Å². The molecule has 3 rings (SSSR count). The molecule has 0 unspecified atom stereocenters. The van der Waals surface area contributed by atoms with E-state index in [0.717, 1.165) is 11.1 Å². The van der Waals surface area contributed by atoms with E-state index in [0.29, 0.717) is 22.3 Å². The van der Waals surface area contributed by atoms with Gasteiger partial charge in [0.25, 0.3) is 0 Å². The first-order chi connectivity index (χ1) is 7.70. The third kappa shape index (κ3) is 1.03. The Morgan fingerprint density at radius 1 is 0.750 bits per heavy atom. The average molecular weight is 204 g/mol. The van der Waals surface area contributed by atoms with E-state index >= 15 is 0 Å². The van der Waals surface area contributed by atoms with Crippen LogP contribution in [0.4, 0.5) is 0 Å². The standard InChI is InChI=1S/C15H8O/c1-9-5-3-7-11-13(9)14-10(2)6-4-8-12(14)15(11)16/h1-8H. The Labute approximate surface area is 94.7 Å². The van der Waals surface area contributed by atoms with Gasteiger partial charge in [0.15, 0.2) is 5.78 Å². The second kappa shape index (κ2) is 3.05. The summed E-state index contributed by atoms with van der Waals surface area (Å²) in [4.78, 5) is 12.1. The molecule has 4 radical (unpaired) electrons. The Hall–Kier alpha value is -1.89. The zero-order chi connectivity index (χ0) is 11.3. The molecule has 0 N–H and O–H groups in total. The third-order valence-corrected chi connectivity index (χ3v) is 2.93. The number of benzene rings is 2. The predicted octanol–water partition coefficient (Wildman–Crippen LogP) is 3.02. The van der Waals surface area contributed by atoms with Crippen LogP contribution in [0.5, 0.6) is 0 Å². The van der Waals surface area contributed by atoms with Crippen LogP contribution in [0.1, 0.15) is 27.0 Å². The van der Waals surface area contributed by atoms with Gasteiger partial charge in [-0.1, -0.05) is 36.4 Å². The van der Waals surface area contributed by atoms with Crippen LogP contribution >= 0.6 is 0 Å². The fraction of sp³-hybridized carbons (Fsp3) is 0. The first-order valence-corrected chi connectivity index (χ1v) is 5.02. The smallest absolute Gasteiger partial charge is 0.194 e. The van der Waals surface area contributed by atoms with Crippen molar-refractivity contribution in [1.29, 1.82) is 0 Å². The van der Waals surface area contributed by atoms with E-state index in [1.165, 1.54) is 0 Å². The van der Waals surface area contributed by atoms with E-state index in [2.05, 4.69) is 0 Å². The lowest BCUT2D eigenvalue weighted by Crippen LogP contribution is -1.94. The van der Waals surface area contributed by atoms with Crippen LogP contribution in [0.15, 0.2) is 36.4 Å². The van der Waals surface area contributed by atoms with Crippen molar-refractivity contribution in [2.24, 2.45) is 0 Å². The highest BCUT2D eigenvalue weighted by molar-refractivity contribution is 6.22. The van der Waals surface area contributed by atoms with Gasteiger partial charge in [-0.3, -0.25) is 4.79 Å². The largest absolute Gasteiger partial charge is 0.289 e. The lowest BCUT2D eigenvalue weighted by atomic mass is 9.97. The number of fused-ring (bicyclic) bond motifs is 3. The van der Waals surface area contributed by atoms with E-state index in [-0.39, 0.29) is 5.78 Å². The fourth-order valence-corrected chi connectivity index (χ4v) is 2.22. The van der Waals surface area contributed by atoms with Crippen LogP contribution in [0.3, 0.4) is 0 Å². The molecule has 2 aromatic carbocycles. The second-order valence-corrected chi connectivity index (χ2v) is 3.87. The Balaban J connectivity index is 2.48. The highest BCUT2D eigenvalue weighted by atomic mass is 16.1. The third-order valence-electron chi connectivity index (χ3n) is 2.93. The summed E-state index contributed by atoms with van der Waals surface area (Å²) in [6.07, 6.45) is 0. The molecule has 0 amide bonds. The van der Waals surface area contributed by atoms with Crippen molar-refractivity contribution in [1.82, 2.24) is 0 Å². The van der Waals surface area contributed by atoms with Gasteiger partial charge in [-0.15, -0.1) is 0 Å². The van der Waals surface area contributed by atoms with Gasteiger partial charge in [0.2, 0.25) is 0 Å². The second-order valence-electron chi connectivity index (χ2n) is 3.87. The molecule has 0 bridgehead atoms. The number of hydrogen-bond acceptors (Lipinski definition) is 1. The van der Waals surface area contributed by atoms with Gasteiger partial charge in [-0.25, -0.2) is 0 Å². The maximum atomic E-state index is 12.1. The maximum absolute atomic E-state index is 12.1. The van der Waals surface area contributed by atoms with Gasteiger partial charge >= 0.3 is 0 Å². The molecule has 16 heavy (non-hydrogen) atoms. The molecule has 0 fully saturated rings. The molecule has 0 aliphatic heterocycles. The lowest BCUT2D eigenvalue weighted by Gasteiger charge is -2.06. The van der Waals surface area contributed by atoms with E-state index in [1.54, 1.807) is 36.4 Å². The van der Waals surface area contributed by atoms with Gasteiger partial charge in [0, 0.05) is 11.1 Å². The summed E-state index contributed by atoms with van der Waals surface area (Å²) in [7, 11) is 0. The zero-order valence-electron chi connectivity index (χ0n) is 8.53. The van der Waals surface area contributed by atoms with Crippen LogP contribution < -0.4 is 0 Å². The van der Waals surface area contributed by atoms with E-state index < -0.39 is 0 Å². The monoisotopic (exact) mass is 204 g/mol. The van der Waals surface area contributed by atoms with Crippen molar-refractivity contribution < 1.29 is 4.79 Å². The van der Waals surface area contributed by atoms with Gasteiger partial charge in [0.1, 0.15) is 0 Å². The van der Waals surface area contributed by atoms with Crippen molar-refractivity contribution in [2.75, 3.05) is 0 Å². The molecule has 1 aliphatic carbocycles. The molecule has 74 valence electrons. The quantitative estimate of drug-likeness (QED) is 0.550. The SMILES string of the molecule is [CH]c1cccc2c1-c1c([CH])cccc1C2=O. The number of carbonyl (C=O) groups is 1. The number of hydrogen-bond donors (Lipinski definition) is 0. The fourth-order valence-electron chi connectivity index (χ4n) is 2.22. The Morgan fingerprint density at radius 2 is 1.19 bits per heavy atom. The van der Waals surface area contributed by atoms with E-state index in [1.807, 2.05) is 0 Å². The van der Waals surface area contributed by atoms with E-state index in [4.69, 9.17) is 13.8 Å². The van der Waals surface area contributed by atoms with Crippen LogP contribution in [0.2, 0.25) is 0 Å². The van der Waals surface area contributed by atoms with Gasteiger partial charge in [-0.05, 0) is 36.1 Å². The molecule has 0 saturated heterocycles. The molecule has 0 atom stereocenters. The Bertz CT molecular complexity index is 555. The van der Waals surface area contributed by atoms with Crippen molar-refractivity contribution >= 4 is 5.78 Å². The van der Waals surface area contributed by atoms with Gasteiger partial charge in [-0.2, -0.15) is 0 Å². The highest BCUT2D eigenvalue weighted by Gasteiger charge is 2.28. The van der Waals surface area contributed by atoms with Crippen LogP contribution in [-0.4, -0.2) is 5.78 Å². The molecule has 2 aromatic rings. The van der Waals surface area contributed by atoms with Crippen molar-refractivity contribution in [2.45, 2.75) is 0 Å². The minimum atomic E-state index is 0.00426. The summed E-state index contributed by atoms with van der Waals surface area (Å²) >= 11 is 0. The van der Waals surface area contributed by atoms with Crippen LogP contribution in [-0.2, 0) is 0 Å². The predicted molar refractivity (Wildman–Crippen MR) is 62.1 cm³/mol. The maximum Gasteiger partial charge on any atom is 0.194 e. The van der Waals surface area contributed by atoms with Gasteiger partial charge in [0.05, 0.1) is 0 Å². The first kappa shape index (κ1) is 9.34. The van der Waals surface area contributed by atoms with Gasteiger partial charge < -0.3 is 0 Å². The molecule has 0 heterocycles. The normalized spacial score (nSPS) is 12.5. The van der Waals surface area contributed by atoms with Crippen LogP contribution in [0.25, 0.3) is 11.1 Å². The Morgan fingerprint density at radius 3 is 1.62 bits per heavy atom. The first-order valence-electron chi connectivity index (χ1n) is 5.02. The van der Waals surface area contributed by atoms with E-state index in [9.17, 15) is 4.79 Å². The van der Waals surface area contributed by atoms with Crippen LogP contribution in [0, 0.1) is 13.8 Å². The molecule has 0 spiro atoms. The minimum Gasteiger partial charge on any atom is -0.289 e. The molecular formula is C15H8O. The summed E-state index contributed by atoms with van der Waals surface area (Å²) in [6.45, 7) is 11.8. The number of ketones is 1. The summed E-state index contributed by atoms with van der Waals surface area (Å²) in [5.74, 6) is 0.00426. The average Bonchev–Trinajstić information content (AvgIpc) is 2.56. The molecule has 1 aliphatic rings. The highest BCUT2D eigenvalue weighted by Crippen LogP contribution is 2.40.